The van der Waals surface area contributed by atoms with E-state index in [9.17, 15) is 10.2 Å². The molecule has 0 fully saturated rings. The first-order valence-corrected chi connectivity index (χ1v) is 11.1. The van der Waals surface area contributed by atoms with Crippen molar-refractivity contribution in [2.75, 3.05) is 0 Å². The second kappa shape index (κ2) is 10.0. The summed E-state index contributed by atoms with van der Waals surface area (Å²) in [7, 11) is 0. The number of nitrogens with zero attached hydrogens (tertiary/aromatic N) is 6. The molecule has 0 radical (unpaired) electrons. The van der Waals surface area contributed by atoms with E-state index >= 15 is 0 Å². The maximum Gasteiger partial charge on any atom is 0.146 e. The first kappa shape index (κ1) is 23.4. The van der Waals surface area contributed by atoms with Crippen molar-refractivity contribution < 1.29 is 10.2 Å². The van der Waals surface area contributed by atoms with Gasteiger partial charge in [0.1, 0.15) is 45.0 Å². The Hall–Kier alpha value is -4.72. The molecule has 8 nitrogen and oxygen atoms in total. The van der Waals surface area contributed by atoms with Gasteiger partial charge in [0.05, 0.1) is 0 Å². The summed E-state index contributed by atoms with van der Waals surface area (Å²) in [5.74, 6) is -0.0991. The van der Waals surface area contributed by atoms with Gasteiger partial charge in [0.25, 0.3) is 0 Å². The van der Waals surface area contributed by atoms with E-state index in [-0.39, 0.29) is 17.9 Å². The minimum absolute atomic E-state index is 0.0435. The van der Waals surface area contributed by atoms with Gasteiger partial charge in [0.15, 0.2) is 0 Å². The van der Waals surface area contributed by atoms with Gasteiger partial charge in [-0.2, -0.15) is 0 Å². The molecule has 0 bridgehead atoms. The predicted octanol–water partition coefficient (Wildman–Crippen LogP) is 5.98. The van der Waals surface area contributed by atoms with Crippen molar-refractivity contribution in [3.8, 4) is 0 Å². The molecule has 2 N–H and O–H groups in total. The van der Waals surface area contributed by atoms with Crippen molar-refractivity contribution in [1.29, 1.82) is 0 Å². The molecule has 176 valence electrons. The van der Waals surface area contributed by atoms with Gasteiger partial charge in [-0.1, -0.05) is 55.7 Å². The van der Waals surface area contributed by atoms with E-state index in [1.165, 1.54) is 15.7 Å². The number of aromatic nitrogens is 6. The molecule has 2 aromatic heterocycles. The Morgan fingerprint density at radius 2 is 1.23 bits per heavy atom. The summed E-state index contributed by atoms with van der Waals surface area (Å²) in [6.45, 7) is 11.3. The van der Waals surface area contributed by atoms with Crippen molar-refractivity contribution in [3.63, 3.8) is 0 Å². The summed E-state index contributed by atoms with van der Waals surface area (Å²) in [5.41, 5.74) is 4.57. The number of aliphatic hydroxyl groups excluding tert-OH is 2. The maximum absolute atomic E-state index is 11.1. The van der Waals surface area contributed by atoms with Crippen molar-refractivity contribution in [2.45, 2.75) is 20.3 Å². The molecule has 0 saturated heterocycles. The minimum atomic E-state index is -0.0556. The van der Waals surface area contributed by atoms with Crippen molar-refractivity contribution in [2.24, 2.45) is 0 Å². The van der Waals surface area contributed by atoms with E-state index in [0.29, 0.717) is 44.6 Å². The predicted molar refractivity (Wildman–Crippen MR) is 139 cm³/mol. The van der Waals surface area contributed by atoms with Crippen LogP contribution in [0.25, 0.3) is 33.5 Å². The molecule has 0 spiro atoms. The van der Waals surface area contributed by atoms with Crippen LogP contribution in [-0.2, 0) is 0 Å². The van der Waals surface area contributed by atoms with Crippen LogP contribution in [0.5, 0.6) is 0 Å². The first-order chi connectivity index (χ1) is 17.0. The fourth-order valence-electron chi connectivity index (χ4n) is 3.66. The van der Waals surface area contributed by atoms with E-state index in [0.717, 1.165) is 0 Å². The van der Waals surface area contributed by atoms with Gasteiger partial charge in [0, 0.05) is 12.0 Å². The standard InChI is InChI=1S/C27H26N6O2/c1-5-18(26(34)24(7-3)32-28-20-13-9-10-14-21(20)29-32)17-19(6-2)27(35)25(8-4)33-30-22-15-11-12-16-23(22)31-33/h5-16,34-35H,1,4,17H2,2-3H3/b19-6-,24-7+,26-18-,27-25-. The van der Waals surface area contributed by atoms with Crippen molar-refractivity contribution in [1.82, 2.24) is 30.0 Å². The fraction of sp³-hybridized carbons (Fsp3) is 0.111. The third kappa shape index (κ3) is 4.54. The van der Waals surface area contributed by atoms with E-state index in [2.05, 4.69) is 33.6 Å². The highest BCUT2D eigenvalue weighted by molar-refractivity contribution is 5.76. The minimum Gasteiger partial charge on any atom is -0.505 e. The van der Waals surface area contributed by atoms with Crippen LogP contribution in [-0.4, -0.2) is 40.2 Å². The van der Waals surface area contributed by atoms with Crippen LogP contribution in [0.4, 0.5) is 0 Å². The van der Waals surface area contributed by atoms with E-state index in [1.807, 2.05) is 48.5 Å². The maximum atomic E-state index is 11.1. The van der Waals surface area contributed by atoms with Crippen LogP contribution < -0.4 is 0 Å². The Kier molecular flexibility index (Phi) is 6.73. The summed E-state index contributed by atoms with van der Waals surface area (Å²) < 4.78 is 0. The molecule has 2 aromatic carbocycles. The third-order valence-corrected chi connectivity index (χ3v) is 5.54. The van der Waals surface area contributed by atoms with Crippen LogP contribution in [0.2, 0.25) is 0 Å². The topological polar surface area (TPSA) is 102 Å². The summed E-state index contributed by atoms with van der Waals surface area (Å²) in [6, 6.07) is 14.9. The highest BCUT2D eigenvalue weighted by Gasteiger charge is 2.18. The molecule has 0 amide bonds. The average Bonchev–Trinajstić information content (AvgIpc) is 3.49. The van der Waals surface area contributed by atoms with Gasteiger partial charge in [0.2, 0.25) is 0 Å². The zero-order chi connectivity index (χ0) is 24.9. The van der Waals surface area contributed by atoms with E-state index in [1.54, 1.807) is 32.1 Å². The number of allylic oxidation sites excluding steroid dienone is 8. The second-order valence-corrected chi connectivity index (χ2v) is 7.64. The summed E-state index contributed by atoms with van der Waals surface area (Å²) in [4.78, 5) is 2.74. The number of aliphatic hydroxyl groups is 2. The molecule has 0 aliphatic carbocycles. The Labute approximate surface area is 202 Å². The zero-order valence-corrected chi connectivity index (χ0v) is 19.6. The highest BCUT2D eigenvalue weighted by atomic mass is 16.3. The monoisotopic (exact) mass is 466 g/mol. The average molecular weight is 467 g/mol. The van der Waals surface area contributed by atoms with Crippen LogP contribution in [0, 0.1) is 0 Å². The van der Waals surface area contributed by atoms with Crippen LogP contribution in [0.3, 0.4) is 0 Å². The van der Waals surface area contributed by atoms with E-state index < -0.39 is 0 Å². The van der Waals surface area contributed by atoms with Crippen LogP contribution in [0.15, 0.2) is 109 Å². The lowest BCUT2D eigenvalue weighted by molar-refractivity contribution is 0.412. The molecule has 0 saturated carbocycles. The highest BCUT2D eigenvalue weighted by Crippen LogP contribution is 2.28. The van der Waals surface area contributed by atoms with Gasteiger partial charge < -0.3 is 10.2 Å². The Bertz CT molecular complexity index is 1480. The van der Waals surface area contributed by atoms with E-state index in [4.69, 9.17) is 0 Å². The van der Waals surface area contributed by atoms with Gasteiger partial charge in [-0.15, -0.1) is 30.0 Å². The molecular weight excluding hydrogens is 440 g/mol. The molecule has 4 aromatic rings. The van der Waals surface area contributed by atoms with Crippen LogP contribution in [0.1, 0.15) is 20.3 Å². The lowest BCUT2D eigenvalue weighted by atomic mass is 10.00. The molecule has 0 aliphatic heterocycles. The molecule has 4 rings (SSSR count). The van der Waals surface area contributed by atoms with Crippen molar-refractivity contribution >= 4 is 33.5 Å². The first-order valence-electron chi connectivity index (χ1n) is 11.1. The Balaban J connectivity index is 1.71. The molecular formula is C27H26N6O2. The fourth-order valence-corrected chi connectivity index (χ4v) is 3.66. The molecule has 8 heteroatoms. The largest absolute Gasteiger partial charge is 0.505 e. The van der Waals surface area contributed by atoms with Gasteiger partial charge in [-0.3, -0.25) is 0 Å². The third-order valence-electron chi connectivity index (χ3n) is 5.54. The smallest absolute Gasteiger partial charge is 0.146 e. The van der Waals surface area contributed by atoms with Crippen LogP contribution >= 0.6 is 0 Å². The second-order valence-electron chi connectivity index (χ2n) is 7.64. The van der Waals surface area contributed by atoms with Gasteiger partial charge in [-0.25, -0.2) is 0 Å². The molecule has 35 heavy (non-hydrogen) atoms. The van der Waals surface area contributed by atoms with Gasteiger partial charge >= 0.3 is 0 Å². The quantitative estimate of drug-likeness (QED) is 0.244. The summed E-state index contributed by atoms with van der Waals surface area (Å²) in [6.07, 6.45) is 6.71. The Morgan fingerprint density at radius 1 is 0.743 bits per heavy atom. The number of benzene rings is 2. The van der Waals surface area contributed by atoms with Gasteiger partial charge in [-0.05, 0) is 49.8 Å². The molecule has 0 atom stereocenters. The zero-order valence-electron chi connectivity index (χ0n) is 19.6. The lowest BCUT2D eigenvalue weighted by Crippen LogP contribution is -2.08. The SMILES string of the molecule is C=C/C(=C(O)\C(=C/C)C/C(C=C)=C(O)/C(=C\C)n1nc2ccccc2n1)n1nc2ccccc2n1. The number of fused-ring (bicyclic) bond motifs is 2. The summed E-state index contributed by atoms with van der Waals surface area (Å²) in [5, 5.41) is 40.1. The molecule has 0 aliphatic rings. The number of rotatable bonds is 8. The Morgan fingerprint density at radius 3 is 1.63 bits per heavy atom. The lowest BCUT2D eigenvalue weighted by Gasteiger charge is -2.13. The number of hydrogen-bond donors (Lipinski definition) is 2. The summed E-state index contributed by atoms with van der Waals surface area (Å²) >= 11 is 0. The normalized spacial score (nSPS) is 14.1. The number of hydrogen-bond acceptors (Lipinski definition) is 6. The molecule has 2 heterocycles. The molecule has 0 unspecified atom stereocenters. The van der Waals surface area contributed by atoms with Crippen molar-refractivity contribution in [3.05, 3.63) is 109 Å².